The quantitative estimate of drug-likeness (QED) is 0.474. The van der Waals surface area contributed by atoms with Crippen molar-refractivity contribution in [2.75, 3.05) is 5.32 Å². The number of pyridine rings is 1. The van der Waals surface area contributed by atoms with Crippen molar-refractivity contribution in [1.82, 2.24) is 9.97 Å². The molecule has 0 radical (unpaired) electrons. The summed E-state index contributed by atoms with van der Waals surface area (Å²) in [4.78, 5) is 44.7. The molecule has 2 heterocycles. The van der Waals surface area contributed by atoms with Gasteiger partial charge in [0.25, 0.3) is 5.91 Å². The fourth-order valence-electron chi connectivity index (χ4n) is 2.58. The minimum Gasteiger partial charge on any atom is -0.452 e. The van der Waals surface area contributed by atoms with Gasteiger partial charge < -0.3 is 10.1 Å². The lowest BCUT2D eigenvalue weighted by atomic mass is 10.1. The minimum atomic E-state index is -1.01. The highest BCUT2D eigenvalue weighted by Crippen LogP contribution is 2.23. The summed E-state index contributed by atoms with van der Waals surface area (Å²) in [6.07, 6.45) is 2.32. The first kappa shape index (κ1) is 20.3. The molecule has 0 aliphatic rings. The van der Waals surface area contributed by atoms with Gasteiger partial charge in [-0.3, -0.25) is 19.4 Å². The lowest BCUT2D eigenvalue weighted by Crippen LogP contribution is -2.31. The third-order valence-electron chi connectivity index (χ3n) is 4.03. The molecule has 8 heteroatoms. The fourth-order valence-corrected chi connectivity index (χ4v) is 3.39. The second-order valence-corrected chi connectivity index (χ2v) is 7.14. The Morgan fingerprint density at radius 1 is 1.17 bits per heavy atom. The number of hydrogen-bond acceptors (Lipinski definition) is 7. The number of amides is 1. The first-order valence-electron chi connectivity index (χ1n) is 8.89. The van der Waals surface area contributed by atoms with Crippen LogP contribution in [-0.2, 0) is 20.7 Å². The summed E-state index contributed by atoms with van der Waals surface area (Å²) in [6, 6.07) is 10.4. The van der Waals surface area contributed by atoms with Crippen molar-refractivity contribution >= 4 is 34.7 Å². The summed E-state index contributed by atoms with van der Waals surface area (Å²) < 4.78 is 5.22. The van der Waals surface area contributed by atoms with Crippen molar-refractivity contribution in [1.29, 1.82) is 0 Å². The average Bonchev–Trinajstić information content (AvgIpc) is 3.17. The number of carbonyl (C=O) groups excluding carboxylic acids is 3. The Kier molecular flexibility index (Phi) is 6.46. The zero-order valence-electron chi connectivity index (χ0n) is 15.9. The average molecular weight is 409 g/mol. The van der Waals surface area contributed by atoms with E-state index in [9.17, 15) is 14.4 Å². The topological polar surface area (TPSA) is 98.2 Å². The van der Waals surface area contributed by atoms with E-state index >= 15 is 0 Å². The van der Waals surface area contributed by atoms with Crippen LogP contribution in [0.5, 0.6) is 0 Å². The van der Waals surface area contributed by atoms with Crippen LogP contribution in [0.2, 0.25) is 0 Å². The molecule has 3 aromatic rings. The number of ether oxygens (including phenoxy) is 1. The molecular formula is C21H19N3O4S. The van der Waals surface area contributed by atoms with E-state index in [0.717, 1.165) is 10.6 Å². The summed E-state index contributed by atoms with van der Waals surface area (Å²) >= 11 is 1.41. The molecule has 0 bridgehead atoms. The largest absolute Gasteiger partial charge is 0.452 e. The highest BCUT2D eigenvalue weighted by atomic mass is 32.1. The number of ketones is 1. The van der Waals surface area contributed by atoms with Gasteiger partial charge in [0.15, 0.2) is 11.9 Å². The predicted octanol–water partition coefficient (Wildman–Crippen LogP) is 3.52. The summed E-state index contributed by atoms with van der Waals surface area (Å²) in [5.41, 5.74) is 2.21. The van der Waals surface area contributed by atoms with Crippen LogP contribution >= 0.6 is 11.3 Å². The lowest BCUT2D eigenvalue weighted by molar-refractivity contribution is -0.152. The number of hydrogen-bond donors (Lipinski definition) is 1. The summed E-state index contributed by atoms with van der Waals surface area (Å²) in [6.45, 7) is 2.90. The molecule has 1 aromatic carbocycles. The molecule has 2 aromatic heterocycles. The number of aromatic nitrogens is 2. The molecule has 0 fully saturated rings. The standard InChI is InChI=1S/C21H19N3O4S/c1-13(25)17-7-3-4-8-18(17)24-20(27)14(2)28-19(26)10-16-12-29-21(23-16)15-6-5-9-22-11-15/h3-9,11-12,14H,10H2,1-2H3,(H,24,27)/t14-/m1/s1. The van der Waals surface area contributed by atoms with Crippen molar-refractivity contribution in [3.8, 4) is 10.6 Å². The predicted molar refractivity (Wildman–Crippen MR) is 110 cm³/mol. The molecule has 3 rings (SSSR count). The number of nitrogens with one attached hydrogen (secondary N) is 1. The molecule has 148 valence electrons. The van der Waals surface area contributed by atoms with Gasteiger partial charge in [-0.1, -0.05) is 12.1 Å². The Morgan fingerprint density at radius 2 is 1.97 bits per heavy atom. The van der Waals surface area contributed by atoms with E-state index < -0.39 is 18.0 Å². The highest BCUT2D eigenvalue weighted by molar-refractivity contribution is 7.13. The van der Waals surface area contributed by atoms with Crippen molar-refractivity contribution in [3.05, 3.63) is 65.4 Å². The van der Waals surface area contributed by atoms with Crippen molar-refractivity contribution < 1.29 is 19.1 Å². The van der Waals surface area contributed by atoms with Crippen LogP contribution in [0.1, 0.15) is 29.9 Å². The number of para-hydroxylation sites is 1. The normalized spacial score (nSPS) is 11.5. The zero-order valence-corrected chi connectivity index (χ0v) is 16.7. The van der Waals surface area contributed by atoms with E-state index in [2.05, 4.69) is 15.3 Å². The maximum atomic E-state index is 12.3. The van der Waals surface area contributed by atoms with Gasteiger partial charge in [-0.05, 0) is 38.1 Å². The number of esters is 1. The van der Waals surface area contributed by atoms with Gasteiger partial charge in [-0.15, -0.1) is 11.3 Å². The number of anilines is 1. The third-order valence-corrected chi connectivity index (χ3v) is 4.97. The summed E-state index contributed by atoms with van der Waals surface area (Å²) in [5.74, 6) is -1.24. The zero-order chi connectivity index (χ0) is 20.8. The molecule has 1 N–H and O–H groups in total. The number of Topliss-reactive ketones (excluding diaryl/α,β-unsaturated/α-hetero) is 1. The van der Waals surface area contributed by atoms with Crippen molar-refractivity contribution in [2.45, 2.75) is 26.4 Å². The minimum absolute atomic E-state index is 0.0432. The maximum Gasteiger partial charge on any atom is 0.312 e. The molecule has 1 atom stereocenters. The summed E-state index contributed by atoms with van der Waals surface area (Å²) in [7, 11) is 0. The molecule has 0 aliphatic heterocycles. The molecule has 0 spiro atoms. The number of nitrogens with zero attached hydrogens (tertiary/aromatic N) is 2. The molecule has 29 heavy (non-hydrogen) atoms. The van der Waals surface area contributed by atoms with Crippen molar-refractivity contribution in [3.63, 3.8) is 0 Å². The van der Waals surface area contributed by atoms with Crippen LogP contribution in [0.25, 0.3) is 10.6 Å². The monoisotopic (exact) mass is 409 g/mol. The number of thiazole rings is 1. The van der Waals surface area contributed by atoms with Gasteiger partial charge in [-0.2, -0.15) is 0 Å². The molecular weight excluding hydrogens is 390 g/mol. The van der Waals surface area contributed by atoms with E-state index in [1.807, 2.05) is 12.1 Å². The lowest BCUT2D eigenvalue weighted by Gasteiger charge is -2.14. The van der Waals surface area contributed by atoms with Crippen LogP contribution < -0.4 is 5.32 Å². The van der Waals surface area contributed by atoms with Crippen LogP contribution in [0.4, 0.5) is 5.69 Å². The van der Waals surface area contributed by atoms with E-state index in [1.54, 1.807) is 42.0 Å². The molecule has 1 amide bonds. The van der Waals surface area contributed by atoms with E-state index in [4.69, 9.17) is 4.74 Å². The number of carbonyl (C=O) groups is 3. The van der Waals surface area contributed by atoms with Gasteiger partial charge in [-0.25, -0.2) is 4.98 Å². The Labute approximate surface area is 171 Å². The Bertz CT molecular complexity index is 1030. The Morgan fingerprint density at radius 3 is 2.69 bits per heavy atom. The van der Waals surface area contributed by atoms with Gasteiger partial charge >= 0.3 is 5.97 Å². The molecule has 0 unspecified atom stereocenters. The second kappa shape index (κ2) is 9.20. The molecule has 7 nitrogen and oxygen atoms in total. The SMILES string of the molecule is CC(=O)c1ccccc1NC(=O)[C@@H](C)OC(=O)Cc1csc(-c2cccnc2)n1. The van der Waals surface area contributed by atoms with Gasteiger partial charge in [0.2, 0.25) is 0 Å². The smallest absolute Gasteiger partial charge is 0.312 e. The first-order chi connectivity index (χ1) is 13.9. The van der Waals surface area contributed by atoms with E-state index in [0.29, 0.717) is 16.9 Å². The third kappa shape index (κ3) is 5.32. The maximum absolute atomic E-state index is 12.3. The fraction of sp³-hybridized carbons (Fsp3) is 0.190. The van der Waals surface area contributed by atoms with E-state index in [1.165, 1.54) is 25.2 Å². The van der Waals surface area contributed by atoms with Crippen LogP contribution in [0, 0.1) is 0 Å². The first-order valence-corrected chi connectivity index (χ1v) is 9.77. The number of rotatable bonds is 7. The number of benzene rings is 1. The van der Waals surface area contributed by atoms with Gasteiger partial charge in [0, 0.05) is 28.9 Å². The van der Waals surface area contributed by atoms with E-state index in [-0.39, 0.29) is 12.2 Å². The molecule has 0 saturated carbocycles. The molecule has 0 aliphatic carbocycles. The second-order valence-electron chi connectivity index (χ2n) is 6.29. The van der Waals surface area contributed by atoms with Crippen molar-refractivity contribution in [2.24, 2.45) is 0 Å². The van der Waals surface area contributed by atoms with Crippen LogP contribution in [-0.4, -0.2) is 33.7 Å². The Balaban J connectivity index is 1.57. The van der Waals surface area contributed by atoms with Crippen LogP contribution in [0.15, 0.2) is 54.2 Å². The highest BCUT2D eigenvalue weighted by Gasteiger charge is 2.20. The molecule has 0 saturated heterocycles. The van der Waals surface area contributed by atoms with Gasteiger partial charge in [0.1, 0.15) is 5.01 Å². The summed E-state index contributed by atoms with van der Waals surface area (Å²) in [5, 5.41) is 5.16. The Hall–Kier alpha value is -3.39. The van der Waals surface area contributed by atoms with Gasteiger partial charge in [0.05, 0.1) is 17.8 Å². The van der Waals surface area contributed by atoms with Crippen LogP contribution in [0.3, 0.4) is 0 Å².